The van der Waals surface area contributed by atoms with E-state index in [4.69, 9.17) is 0 Å². The molecule has 2 aliphatic rings. The molecular weight excluding hydrogens is 253 g/mol. The Kier molecular flexibility index (Phi) is 3.58. The van der Waals surface area contributed by atoms with Gasteiger partial charge in [0.1, 0.15) is 5.71 Å². The predicted molar refractivity (Wildman–Crippen MR) is 70.9 cm³/mol. The van der Waals surface area contributed by atoms with Crippen LogP contribution in [0.15, 0.2) is 22.6 Å². The first-order valence-electron chi connectivity index (χ1n) is 6.51. The second kappa shape index (κ2) is 4.76. The van der Waals surface area contributed by atoms with Crippen molar-refractivity contribution in [3.8, 4) is 0 Å². The molecule has 0 atom stereocenters. The molecule has 5 heteroatoms. The molecule has 0 aromatic carbocycles. The Bertz CT molecular complexity index is 401. The standard InChI is InChI=1S/C14H19F3N2/c1-3-12-4-6-13(9-12,7-5-12)10-19-11(8-18-2)14(15,16)17/h3H,1-2,4-10H2/b19-11+. The second-order valence-electron chi connectivity index (χ2n) is 5.89. The maximum absolute atomic E-state index is 12.7. The number of aliphatic imine (C=N–C) groups is 2. The van der Waals surface area contributed by atoms with Crippen molar-refractivity contribution >= 4 is 12.4 Å². The lowest BCUT2D eigenvalue weighted by Gasteiger charge is -2.25. The first kappa shape index (κ1) is 14.3. The smallest absolute Gasteiger partial charge is 0.295 e. The number of halogens is 3. The maximum Gasteiger partial charge on any atom is 0.430 e. The lowest BCUT2D eigenvalue weighted by molar-refractivity contribution is -0.0599. The van der Waals surface area contributed by atoms with E-state index in [1.807, 2.05) is 6.08 Å². The highest BCUT2D eigenvalue weighted by Crippen LogP contribution is 2.62. The summed E-state index contributed by atoms with van der Waals surface area (Å²) in [6.07, 6.45) is 2.50. The van der Waals surface area contributed by atoms with E-state index < -0.39 is 18.4 Å². The van der Waals surface area contributed by atoms with Gasteiger partial charge in [-0.2, -0.15) is 13.2 Å². The van der Waals surface area contributed by atoms with Crippen LogP contribution >= 0.6 is 0 Å². The molecule has 0 aliphatic heterocycles. The van der Waals surface area contributed by atoms with Crippen LogP contribution < -0.4 is 0 Å². The number of fused-ring (bicyclic) bond motifs is 2. The third kappa shape index (κ3) is 2.74. The molecule has 0 unspecified atom stereocenters. The molecule has 0 saturated heterocycles. The summed E-state index contributed by atoms with van der Waals surface area (Å²) in [5, 5.41) is 0. The lowest BCUT2D eigenvalue weighted by atomic mass is 9.82. The second-order valence-corrected chi connectivity index (χ2v) is 5.89. The molecule has 0 aromatic rings. The van der Waals surface area contributed by atoms with Crippen LogP contribution in [0.3, 0.4) is 0 Å². The zero-order valence-electron chi connectivity index (χ0n) is 11.0. The molecule has 2 bridgehead atoms. The average molecular weight is 272 g/mol. The third-order valence-electron chi connectivity index (χ3n) is 4.66. The van der Waals surface area contributed by atoms with E-state index in [0.717, 1.165) is 32.1 Å². The molecule has 2 fully saturated rings. The molecule has 0 heterocycles. The van der Waals surface area contributed by atoms with Gasteiger partial charge in [0.25, 0.3) is 0 Å². The molecule has 2 nitrogen and oxygen atoms in total. The highest BCUT2D eigenvalue weighted by atomic mass is 19.4. The van der Waals surface area contributed by atoms with E-state index in [2.05, 4.69) is 23.3 Å². The first-order valence-corrected chi connectivity index (χ1v) is 6.51. The molecule has 0 aromatic heterocycles. The normalized spacial score (nSPS) is 34.6. The van der Waals surface area contributed by atoms with E-state index in [9.17, 15) is 13.2 Å². The summed E-state index contributed by atoms with van der Waals surface area (Å²) in [6.45, 7) is 6.79. The van der Waals surface area contributed by atoms with Gasteiger partial charge in [-0.25, -0.2) is 0 Å². The van der Waals surface area contributed by atoms with Gasteiger partial charge in [-0.05, 0) is 49.7 Å². The zero-order chi connectivity index (χ0) is 14.1. The highest BCUT2D eigenvalue weighted by Gasteiger charge is 2.52. The van der Waals surface area contributed by atoms with Gasteiger partial charge in [0.05, 0.1) is 6.54 Å². The van der Waals surface area contributed by atoms with Gasteiger partial charge < -0.3 is 0 Å². The van der Waals surface area contributed by atoms with Crippen LogP contribution in [0.25, 0.3) is 0 Å². The SMILES string of the molecule is C=CC12CCC(C/N=C(\CN=C)C(F)(F)F)(CC1)C2. The summed E-state index contributed by atoms with van der Waals surface area (Å²) in [7, 11) is 0. The topological polar surface area (TPSA) is 24.7 Å². The molecule has 0 radical (unpaired) electrons. The van der Waals surface area contributed by atoms with Crippen molar-refractivity contribution in [2.75, 3.05) is 13.1 Å². The summed E-state index contributed by atoms with van der Waals surface area (Å²) < 4.78 is 38.2. The number of allylic oxidation sites excluding steroid dienone is 1. The molecular formula is C14H19F3N2. The molecule has 0 amide bonds. The van der Waals surface area contributed by atoms with Gasteiger partial charge in [-0.1, -0.05) is 6.08 Å². The van der Waals surface area contributed by atoms with Crippen LogP contribution in [0.5, 0.6) is 0 Å². The summed E-state index contributed by atoms with van der Waals surface area (Å²) in [4.78, 5) is 7.14. The summed E-state index contributed by atoms with van der Waals surface area (Å²) in [5.41, 5.74) is -0.698. The largest absolute Gasteiger partial charge is 0.430 e. The Morgan fingerprint density at radius 1 is 1.21 bits per heavy atom. The Morgan fingerprint density at radius 2 is 1.84 bits per heavy atom. The maximum atomic E-state index is 12.7. The van der Waals surface area contributed by atoms with E-state index in [-0.39, 0.29) is 17.4 Å². The lowest BCUT2D eigenvalue weighted by Crippen LogP contribution is -2.28. The molecule has 0 N–H and O–H groups in total. The van der Waals surface area contributed by atoms with Crippen molar-refractivity contribution < 1.29 is 13.2 Å². The third-order valence-corrected chi connectivity index (χ3v) is 4.66. The van der Waals surface area contributed by atoms with Crippen molar-refractivity contribution in [3.63, 3.8) is 0 Å². The highest BCUT2D eigenvalue weighted by molar-refractivity contribution is 5.92. The monoisotopic (exact) mass is 272 g/mol. The van der Waals surface area contributed by atoms with Crippen LogP contribution in [0.2, 0.25) is 0 Å². The summed E-state index contributed by atoms with van der Waals surface area (Å²) >= 11 is 0. The number of hydrogen-bond acceptors (Lipinski definition) is 2. The molecule has 0 spiro atoms. The van der Waals surface area contributed by atoms with Crippen molar-refractivity contribution in [3.05, 3.63) is 12.7 Å². The Hall–Kier alpha value is -1.13. The summed E-state index contributed by atoms with van der Waals surface area (Å²) in [5.74, 6) is 0. The number of rotatable bonds is 5. The van der Waals surface area contributed by atoms with Crippen LogP contribution in [0, 0.1) is 10.8 Å². The van der Waals surface area contributed by atoms with Crippen LogP contribution in [-0.4, -0.2) is 31.7 Å². The van der Waals surface area contributed by atoms with Gasteiger partial charge in [-0.15, -0.1) is 6.58 Å². The Labute approximate surface area is 111 Å². The molecule has 2 saturated carbocycles. The van der Waals surface area contributed by atoms with Crippen LogP contribution in [0.1, 0.15) is 32.1 Å². The van der Waals surface area contributed by atoms with Gasteiger partial charge >= 0.3 is 6.18 Å². The fraction of sp³-hybridized carbons (Fsp3) is 0.714. The van der Waals surface area contributed by atoms with E-state index in [0.29, 0.717) is 0 Å². The van der Waals surface area contributed by atoms with Crippen LogP contribution in [0.4, 0.5) is 13.2 Å². The minimum atomic E-state index is -4.40. The van der Waals surface area contributed by atoms with Crippen LogP contribution in [-0.2, 0) is 0 Å². The zero-order valence-corrected chi connectivity index (χ0v) is 11.0. The Morgan fingerprint density at radius 3 is 2.26 bits per heavy atom. The minimum absolute atomic E-state index is 0.0497. The van der Waals surface area contributed by atoms with Crippen molar-refractivity contribution in [2.45, 2.75) is 38.3 Å². The van der Waals surface area contributed by atoms with E-state index >= 15 is 0 Å². The quantitative estimate of drug-likeness (QED) is 0.537. The molecule has 19 heavy (non-hydrogen) atoms. The predicted octanol–water partition coefficient (Wildman–Crippen LogP) is 3.83. The van der Waals surface area contributed by atoms with Gasteiger partial charge in [0.15, 0.2) is 0 Å². The van der Waals surface area contributed by atoms with Gasteiger partial charge in [0, 0.05) is 6.54 Å². The van der Waals surface area contributed by atoms with Crippen molar-refractivity contribution in [1.29, 1.82) is 0 Å². The first-order chi connectivity index (χ1) is 8.85. The van der Waals surface area contributed by atoms with Crippen molar-refractivity contribution in [1.82, 2.24) is 0 Å². The van der Waals surface area contributed by atoms with Crippen molar-refractivity contribution in [2.24, 2.45) is 20.8 Å². The number of hydrogen-bond donors (Lipinski definition) is 0. The Balaban J connectivity index is 2.09. The van der Waals surface area contributed by atoms with E-state index in [1.165, 1.54) is 0 Å². The fourth-order valence-corrected chi connectivity index (χ4v) is 3.47. The molecule has 106 valence electrons. The number of nitrogens with zero attached hydrogens (tertiary/aromatic N) is 2. The van der Waals surface area contributed by atoms with Gasteiger partial charge in [0.2, 0.25) is 0 Å². The number of alkyl halides is 3. The minimum Gasteiger partial charge on any atom is -0.295 e. The summed E-state index contributed by atoms with van der Waals surface area (Å²) in [6, 6.07) is 0. The van der Waals surface area contributed by atoms with E-state index in [1.54, 1.807) is 0 Å². The average Bonchev–Trinajstić information content (AvgIpc) is 2.90. The fourth-order valence-electron chi connectivity index (χ4n) is 3.47. The molecule has 2 rings (SSSR count). The van der Waals surface area contributed by atoms with Gasteiger partial charge in [-0.3, -0.25) is 9.98 Å². The molecule has 2 aliphatic carbocycles.